The van der Waals surface area contributed by atoms with Gasteiger partial charge < -0.3 is 15.8 Å². The van der Waals surface area contributed by atoms with Gasteiger partial charge in [0.2, 0.25) is 11.8 Å². The van der Waals surface area contributed by atoms with E-state index in [0.29, 0.717) is 11.3 Å². The molecule has 0 aliphatic rings. The van der Waals surface area contributed by atoms with Crippen molar-refractivity contribution in [3.63, 3.8) is 0 Å². The molecule has 0 radical (unpaired) electrons. The summed E-state index contributed by atoms with van der Waals surface area (Å²) in [5, 5.41) is 2.63. The van der Waals surface area contributed by atoms with E-state index in [0.717, 1.165) is 5.56 Å². The maximum Gasteiger partial charge on any atom is 0.244 e. The fraction of sp³-hybridized carbons (Fsp3) is 0.222. The summed E-state index contributed by atoms with van der Waals surface area (Å²) in [6, 6.07) is 15.7. The summed E-state index contributed by atoms with van der Waals surface area (Å²) >= 11 is 0. The van der Waals surface area contributed by atoms with Crippen molar-refractivity contribution in [2.75, 3.05) is 6.61 Å². The number of nitrogens with one attached hydrogen (secondary N) is 1. The summed E-state index contributed by atoms with van der Waals surface area (Å²) in [6.07, 6.45) is 0.143. The Balaban J connectivity index is 1.85. The molecule has 0 heterocycles. The van der Waals surface area contributed by atoms with E-state index in [1.54, 1.807) is 24.3 Å². The molecule has 2 rings (SSSR count). The Kier molecular flexibility index (Phi) is 5.74. The first-order chi connectivity index (χ1) is 11.1. The van der Waals surface area contributed by atoms with Crippen molar-refractivity contribution >= 4 is 11.8 Å². The van der Waals surface area contributed by atoms with Crippen molar-refractivity contribution in [2.45, 2.75) is 19.4 Å². The Morgan fingerprint density at radius 1 is 1.09 bits per heavy atom. The maximum absolute atomic E-state index is 12.0. The average molecular weight is 312 g/mol. The molecule has 2 aromatic rings. The minimum Gasteiger partial charge on any atom is -0.493 e. The van der Waals surface area contributed by atoms with E-state index in [4.69, 9.17) is 10.5 Å². The van der Waals surface area contributed by atoms with Crippen molar-refractivity contribution in [3.8, 4) is 5.75 Å². The summed E-state index contributed by atoms with van der Waals surface area (Å²) in [4.78, 5) is 23.5. The van der Waals surface area contributed by atoms with E-state index in [1.807, 2.05) is 37.3 Å². The van der Waals surface area contributed by atoms with Crippen molar-refractivity contribution < 1.29 is 14.3 Å². The molecule has 0 aliphatic heterocycles. The van der Waals surface area contributed by atoms with Gasteiger partial charge in [-0.1, -0.05) is 48.0 Å². The zero-order chi connectivity index (χ0) is 16.7. The molecule has 0 saturated heterocycles. The Morgan fingerprint density at radius 2 is 1.74 bits per heavy atom. The van der Waals surface area contributed by atoms with Crippen LogP contribution in [0.25, 0.3) is 0 Å². The van der Waals surface area contributed by atoms with Gasteiger partial charge in [-0.15, -0.1) is 0 Å². The smallest absolute Gasteiger partial charge is 0.244 e. The van der Waals surface area contributed by atoms with Gasteiger partial charge in [-0.3, -0.25) is 9.59 Å². The van der Waals surface area contributed by atoms with Crippen LogP contribution in [0.2, 0.25) is 0 Å². The summed E-state index contributed by atoms with van der Waals surface area (Å²) in [5.74, 6) is -0.174. The number of aryl methyl sites for hydroxylation is 1. The van der Waals surface area contributed by atoms with Crippen LogP contribution in [0.4, 0.5) is 0 Å². The molecule has 0 bridgehead atoms. The predicted molar refractivity (Wildman–Crippen MR) is 87.8 cm³/mol. The number of nitrogens with two attached hydrogens (primary N) is 1. The second kappa shape index (κ2) is 7.98. The topological polar surface area (TPSA) is 81.4 Å². The third-order valence-electron chi connectivity index (χ3n) is 3.34. The molecule has 1 atom stereocenters. The van der Waals surface area contributed by atoms with Gasteiger partial charge >= 0.3 is 0 Å². The molecule has 3 N–H and O–H groups in total. The third kappa shape index (κ3) is 5.14. The first-order valence-corrected chi connectivity index (χ1v) is 7.39. The molecular formula is C18H20N2O3. The van der Waals surface area contributed by atoms with E-state index >= 15 is 0 Å². The number of primary amides is 1. The van der Waals surface area contributed by atoms with Gasteiger partial charge in [0.1, 0.15) is 11.8 Å². The van der Waals surface area contributed by atoms with Crippen LogP contribution in [0.1, 0.15) is 23.6 Å². The SMILES string of the molecule is Cc1ccc(OCCC(=O)NC(C(N)=O)c2ccccc2)cc1. The van der Waals surface area contributed by atoms with Crippen LogP contribution in [0, 0.1) is 6.92 Å². The quantitative estimate of drug-likeness (QED) is 0.821. The summed E-state index contributed by atoms with van der Waals surface area (Å²) in [7, 11) is 0. The predicted octanol–water partition coefficient (Wildman–Crippen LogP) is 2.11. The minimum atomic E-state index is -0.830. The molecule has 5 nitrogen and oxygen atoms in total. The van der Waals surface area contributed by atoms with Crippen LogP contribution in [0.5, 0.6) is 5.75 Å². The molecule has 0 fully saturated rings. The Morgan fingerprint density at radius 3 is 2.35 bits per heavy atom. The lowest BCUT2D eigenvalue weighted by molar-refractivity contribution is -0.127. The maximum atomic E-state index is 12.0. The average Bonchev–Trinajstić information content (AvgIpc) is 2.55. The highest BCUT2D eigenvalue weighted by Gasteiger charge is 2.19. The van der Waals surface area contributed by atoms with Crippen LogP contribution in [-0.2, 0) is 9.59 Å². The lowest BCUT2D eigenvalue weighted by Gasteiger charge is -2.16. The van der Waals surface area contributed by atoms with Crippen molar-refractivity contribution in [2.24, 2.45) is 5.73 Å². The molecule has 2 amide bonds. The van der Waals surface area contributed by atoms with E-state index in [2.05, 4.69) is 5.32 Å². The first-order valence-electron chi connectivity index (χ1n) is 7.39. The Bertz CT molecular complexity index is 654. The van der Waals surface area contributed by atoms with Crippen LogP contribution < -0.4 is 15.8 Å². The minimum absolute atomic E-state index is 0.143. The number of amides is 2. The first kappa shape index (κ1) is 16.5. The van der Waals surface area contributed by atoms with Crippen LogP contribution in [0.3, 0.4) is 0 Å². The lowest BCUT2D eigenvalue weighted by atomic mass is 10.1. The second-order valence-electron chi connectivity index (χ2n) is 5.23. The second-order valence-corrected chi connectivity index (χ2v) is 5.23. The highest BCUT2D eigenvalue weighted by atomic mass is 16.5. The van der Waals surface area contributed by atoms with Crippen LogP contribution >= 0.6 is 0 Å². The van der Waals surface area contributed by atoms with E-state index in [-0.39, 0.29) is 18.9 Å². The van der Waals surface area contributed by atoms with E-state index in [1.165, 1.54) is 0 Å². The zero-order valence-corrected chi connectivity index (χ0v) is 13.0. The summed E-state index contributed by atoms with van der Waals surface area (Å²) in [5.41, 5.74) is 7.17. The molecule has 23 heavy (non-hydrogen) atoms. The Hall–Kier alpha value is -2.82. The number of carbonyl (C=O) groups is 2. The standard InChI is InChI=1S/C18H20N2O3/c1-13-7-9-15(10-8-13)23-12-11-16(21)20-17(18(19)22)14-5-3-2-4-6-14/h2-10,17H,11-12H2,1H3,(H2,19,22)(H,20,21). The lowest BCUT2D eigenvalue weighted by Crippen LogP contribution is -2.37. The molecular weight excluding hydrogens is 292 g/mol. The van der Waals surface area contributed by atoms with Gasteiger partial charge in [0.05, 0.1) is 13.0 Å². The van der Waals surface area contributed by atoms with Crippen LogP contribution in [-0.4, -0.2) is 18.4 Å². The van der Waals surface area contributed by atoms with E-state index < -0.39 is 11.9 Å². The molecule has 2 aromatic carbocycles. The normalized spacial score (nSPS) is 11.5. The number of hydrogen-bond acceptors (Lipinski definition) is 3. The number of benzene rings is 2. The third-order valence-corrected chi connectivity index (χ3v) is 3.34. The number of hydrogen-bond donors (Lipinski definition) is 2. The molecule has 120 valence electrons. The number of rotatable bonds is 7. The van der Waals surface area contributed by atoms with Crippen molar-refractivity contribution in [3.05, 3.63) is 65.7 Å². The molecule has 0 aliphatic carbocycles. The zero-order valence-electron chi connectivity index (χ0n) is 13.0. The summed E-state index contributed by atoms with van der Waals surface area (Å²) < 4.78 is 5.50. The highest BCUT2D eigenvalue weighted by molar-refractivity contribution is 5.87. The van der Waals surface area contributed by atoms with Gasteiger partial charge in [-0.25, -0.2) is 0 Å². The van der Waals surface area contributed by atoms with Gasteiger partial charge in [0.25, 0.3) is 0 Å². The van der Waals surface area contributed by atoms with Gasteiger partial charge in [0.15, 0.2) is 0 Å². The monoisotopic (exact) mass is 312 g/mol. The largest absolute Gasteiger partial charge is 0.493 e. The molecule has 0 aromatic heterocycles. The van der Waals surface area contributed by atoms with Crippen LogP contribution in [0.15, 0.2) is 54.6 Å². The van der Waals surface area contributed by atoms with E-state index in [9.17, 15) is 9.59 Å². The molecule has 0 saturated carbocycles. The fourth-order valence-electron chi connectivity index (χ4n) is 2.09. The van der Waals surface area contributed by atoms with Gasteiger partial charge in [0, 0.05) is 0 Å². The molecule has 1 unspecified atom stereocenters. The fourth-order valence-corrected chi connectivity index (χ4v) is 2.09. The molecule has 5 heteroatoms. The highest BCUT2D eigenvalue weighted by Crippen LogP contribution is 2.13. The van der Waals surface area contributed by atoms with Crippen molar-refractivity contribution in [1.29, 1.82) is 0 Å². The number of ether oxygens (including phenoxy) is 1. The molecule has 0 spiro atoms. The van der Waals surface area contributed by atoms with Crippen molar-refractivity contribution in [1.82, 2.24) is 5.32 Å². The summed E-state index contributed by atoms with van der Waals surface area (Å²) in [6.45, 7) is 2.22. The van der Waals surface area contributed by atoms with Gasteiger partial charge in [-0.2, -0.15) is 0 Å². The van der Waals surface area contributed by atoms with Gasteiger partial charge in [-0.05, 0) is 24.6 Å². The Labute approximate surface area is 135 Å². The number of carbonyl (C=O) groups excluding carboxylic acids is 2.